The van der Waals surface area contributed by atoms with E-state index in [1.807, 2.05) is 50.5 Å². The fourth-order valence-corrected chi connectivity index (χ4v) is 9.74. The van der Waals surface area contributed by atoms with Crippen LogP contribution in [0, 0.1) is 0 Å². The molecule has 2 N–H and O–H groups in total. The van der Waals surface area contributed by atoms with Gasteiger partial charge in [-0.15, -0.1) is 0 Å². The van der Waals surface area contributed by atoms with Crippen molar-refractivity contribution in [1.29, 1.82) is 0 Å². The number of aliphatic hydroxyl groups is 2. The molecule has 10 heteroatoms. The highest BCUT2D eigenvalue weighted by molar-refractivity contribution is 6.99. The molecule has 4 atom stereocenters. The molecule has 1 aliphatic heterocycles. The molecule has 1 aromatic heterocycles. The van der Waals surface area contributed by atoms with Crippen LogP contribution >= 0.6 is 0 Å². The van der Waals surface area contributed by atoms with E-state index in [1.54, 1.807) is 11.0 Å². The van der Waals surface area contributed by atoms with Crippen LogP contribution in [-0.2, 0) is 9.16 Å². The zero-order chi connectivity index (χ0) is 28.4. The number of aliphatic hydroxyl groups excluding tert-OH is 1. The van der Waals surface area contributed by atoms with Gasteiger partial charge in [-0.3, -0.25) is 4.57 Å². The first-order valence-corrected chi connectivity index (χ1v) is 14.9. The van der Waals surface area contributed by atoms with Gasteiger partial charge in [-0.25, -0.2) is 9.79 Å². The van der Waals surface area contributed by atoms with E-state index in [2.05, 4.69) is 55.0 Å². The van der Waals surface area contributed by atoms with Crippen molar-refractivity contribution in [2.45, 2.75) is 56.8 Å². The molecule has 1 unspecified atom stereocenters. The van der Waals surface area contributed by atoms with Crippen molar-refractivity contribution in [2.75, 3.05) is 20.7 Å². The number of ether oxygens (including phenoxy) is 1. The van der Waals surface area contributed by atoms with Crippen LogP contribution in [0.4, 0.5) is 5.82 Å². The Labute approximate surface area is 230 Å². The number of rotatable bonds is 8. The molecule has 0 radical (unpaired) electrons. The van der Waals surface area contributed by atoms with E-state index in [9.17, 15) is 15.0 Å². The summed E-state index contributed by atoms with van der Waals surface area (Å²) >= 11 is 0. The van der Waals surface area contributed by atoms with Gasteiger partial charge < -0.3 is 24.3 Å². The molecular weight excluding hydrogens is 512 g/mol. The lowest BCUT2D eigenvalue weighted by Gasteiger charge is -2.43. The minimum absolute atomic E-state index is 0.0223. The Morgan fingerprint density at radius 2 is 1.67 bits per heavy atom. The number of benzene rings is 2. The lowest BCUT2D eigenvalue weighted by molar-refractivity contribution is -0.0984. The molecule has 0 aliphatic carbocycles. The van der Waals surface area contributed by atoms with Crippen molar-refractivity contribution < 1.29 is 19.4 Å². The normalized spacial score (nSPS) is 23.8. The molecule has 3 aromatic rings. The van der Waals surface area contributed by atoms with Gasteiger partial charge in [0.2, 0.25) is 0 Å². The lowest BCUT2D eigenvalue weighted by Crippen LogP contribution is -2.67. The van der Waals surface area contributed by atoms with E-state index in [0.29, 0.717) is 0 Å². The zero-order valence-corrected chi connectivity index (χ0v) is 24.4. The highest BCUT2D eigenvalue weighted by atomic mass is 28.4. The molecule has 1 saturated heterocycles. The summed E-state index contributed by atoms with van der Waals surface area (Å²) in [5, 5.41) is 24.4. The van der Waals surface area contributed by atoms with Crippen LogP contribution in [0.2, 0.25) is 5.04 Å². The topological polar surface area (TPSA) is 109 Å². The molecule has 4 rings (SSSR count). The van der Waals surface area contributed by atoms with Crippen LogP contribution in [0.25, 0.3) is 0 Å². The van der Waals surface area contributed by atoms with E-state index in [-0.39, 0.29) is 17.5 Å². The molecule has 0 amide bonds. The van der Waals surface area contributed by atoms with Gasteiger partial charge >= 0.3 is 5.69 Å². The summed E-state index contributed by atoms with van der Waals surface area (Å²) in [5.41, 5.74) is -2.41. The van der Waals surface area contributed by atoms with E-state index in [4.69, 9.17) is 9.16 Å². The second-order valence-electron chi connectivity index (χ2n) is 11.4. The fraction of sp³-hybridized carbons (Fsp3) is 0.414. The molecule has 0 spiro atoms. The molecule has 39 heavy (non-hydrogen) atoms. The van der Waals surface area contributed by atoms with Crippen LogP contribution in [0.3, 0.4) is 0 Å². The van der Waals surface area contributed by atoms with E-state index < -0.39 is 38.0 Å². The van der Waals surface area contributed by atoms with Gasteiger partial charge in [-0.2, -0.15) is 4.98 Å². The number of hydrogen-bond acceptors (Lipinski definition) is 7. The number of hydrogen-bond donors (Lipinski definition) is 2. The van der Waals surface area contributed by atoms with Crippen molar-refractivity contribution in [3.63, 3.8) is 0 Å². The molecule has 1 fully saturated rings. The first-order chi connectivity index (χ1) is 18.4. The van der Waals surface area contributed by atoms with Gasteiger partial charge in [-0.05, 0) is 28.4 Å². The second-order valence-corrected chi connectivity index (χ2v) is 15.7. The maximum absolute atomic E-state index is 12.9. The molecule has 0 saturated carbocycles. The number of nitrogens with zero attached hydrogens (tertiary/aromatic N) is 4. The predicted octanol–water partition coefficient (Wildman–Crippen LogP) is 2.05. The quantitative estimate of drug-likeness (QED) is 0.251. The van der Waals surface area contributed by atoms with Gasteiger partial charge in [-0.1, -0.05) is 81.4 Å². The van der Waals surface area contributed by atoms with Gasteiger partial charge in [0.1, 0.15) is 17.8 Å². The van der Waals surface area contributed by atoms with E-state index in [0.717, 1.165) is 10.4 Å². The van der Waals surface area contributed by atoms with Gasteiger partial charge in [0.15, 0.2) is 12.0 Å². The van der Waals surface area contributed by atoms with Crippen LogP contribution < -0.4 is 16.1 Å². The standard InChI is InChI=1S/C29H38N4O5Si/c1-28(2,3)39(21-13-9-7-10-14-21,22-15-11-8-12-16-22)37-19-23-25(34)29(4,36)26(38-23)33-18-17-24(31-27(33)35)30-20-32(5)6/h7-18,20,23,25-26,34,36H,19H2,1-6H3/b30-20-/t23-,25?,26+,29+/m1/s1. The SMILES string of the molecule is CN(C)/C=N\c1ccn([C@H]2O[C@H](CO[Si](c3ccccc3)(c3ccccc3)C(C)(C)C)C(O)[C@]2(C)O)c(=O)n1. The van der Waals surface area contributed by atoms with Gasteiger partial charge in [0, 0.05) is 20.3 Å². The average Bonchev–Trinajstić information content (AvgIpc) is 3.12. The zero-order valence-electron chi connectivity index (χ0n) is 23.4. The molecule has 0 bridgehead atoms. The summed E-state index contributed by atoms with van der Waals surface area (Å²) in [6.45, 7) is 7.96. The third-order valence-electron chi connectivity index (χ3n) is 7.12. The summed E-state index contributed by atoms with van der Waals surface area (Å²) in [4.78, 5) is 22.7. The summed E-state index contributed by atoms with van der Waals surface area (Å²) in [7, 11) is 0.716. The second kappa shape index (κ2) is 11.1. The lowest BCUT2D eigenvalue weighted by atomic mass is 9.96. The Morgan fingerprint density at radius 1 is 1.10 bits per heavy atom. The highest BCUT2D eigenvalue weighted by Gasteiger charge is 2.56. The smallest absolute Gasteiger partial charge is 0.351 e. The first-order valence-electron chi connectivity index (χ1n) is 13.0. The largest absolute Gasteiger partial charge is 0.405 e. The Morgan fingerprint density at radius 3 is 2.15 bits per heavy atom. The molecule has 208 valence electrons. The predicted molar refractivity (Wildman–Crippen MR) is 154 cm³/mol. The average molecular weight is 551 g/mol. The monoisotopic (exact) mass is 550 g/mol. The highest BCUT2D eigenvalue weighted by Crippen LogP contribution is 2.40. The summed E-state index contributed by atoms with van der Waals surface area (Å²) in [6.07, 6.45) is -0.346. The Balaban J connectivity index is 1.66. The molecule has 1 aliphatic rings. The maximum Gasteiger partial charge on any atom is 0.351 e. The Hall–Kier alpha value is -3.15. The minimum Gasteiger partial charge on any atom is -0.405 e. The van der Waals surface area contributed by atoms with Crippen LogP contribution in [-0.4, -0.2) is 77.8 Å². The van der Waals surface area contributed by atoms with Gasteiger partial charge in [0.05, 0.1) is 12.9 Å². The fourth-order valence-electron chi connectivity index (χ4n) is 5.18. The molecule has 9 nitrogen and oxygen atoms in total. The number of aromatic nitrogens is 2. The summed E-state index contributed by atoms with van der Waals surface area (Å²) in [5.74, 6) is 0.231. The van der Waals surface area contributed by atoms with Crippen LogP contribution in [0.15, 0.2) is 82.7 Å². The third kappa shape index (κ3) is 5.61. The third-order valence-corrected chi connectivity index (χ3v) is 12.1. The van der Waals surface area contributed by atoms with E-state index in [1.165, 1.54) is 24.0 Å². The van der Waals surface area contributed by atoms with E-state index >= 15 is 0 Å². The Bertz CT molecular complexity index is 1300. The molecule has 2 heterocycles. The van der Waals surface area contributed by atoms with Crippen molar-refractivity contribution in [3.8, 4) is 0 Å². The minimum atomic E-state index is -2.90. The summed E-state index contributed by atoms with van der Waals surface area (Å²) in [6, 6.07) is 21.9. The van der Waals surface area contributed by atoms with Crippen LogP contribution in [0.1, 0.15) is 33.9 Å². The summed E-state index contributed by atoms with van der Waals surface area (Å²) < 4.78 is 14.2. The Kier molecular flexibility index (Phi) is 8.24. The molecule has 2 aromatic carbocycles. The van der Waals surface area contributed by atoms with Crippen molar-refractivity contribution in [3.05, 3.63) is 83.4 Å². The van der Waals surface area contributed by atoms with Crippen molar-refractivity contribution in [2.24, 2.45) is 4.99 Å². The van der Waals surface area contributed by atoms with Crippen molar-refractivity contribution in [1.82, 2.24) is 14.5 Å². The van der Waals surface area contributed by atoms with Gasteiger partial charge in [0.25, 0.3) is 8.32 Å². The maximum atomic E-state index is 12.9. The first kappa shape index (κ1) is 28.8. The van der Waals surface area contributed by atoms with Crippen molar-refractivity contribution >= 4 is 30.8 Å². The molecular formula is C29H38N4O5Si. The number of aliphatic imine (C=N–C) groups is 1. The van der Waals surface area contributed by atoms with Crippen LogP contribution in [0.5, 0.6) is 0 Å².